The van der Waals surface area contributed by atoms with Crippen LogP contribution in [-0.2, 0) is 0 Å². The van der Waals surface area contributed by atoms with Gasteiger partial charge in [-0.2, -0.15) is 0 Å². The maximum atomic E-state index is 5.02. The van der Waals surface area contributed by atoms with Crippen LogP contribution < -0.4 is 5.19 Å². The Hall–Kier alpha value is -2.78. The van der Waals surface area contributed by atoms with E-state index in [0.29, 0.717) is 0 Å². The van der Waals surface area contributed by atoms with E-state index in [9.17, 15) is 0 Å². The third kappa shape index (κ3) is 3.50. The lowest BCUT2D eigenvalue weighted by atomic mass is 9.98. The smallest absolute Gasteiger partial charge is 0.0776 e. The zero-order valence-corrected chi connectivity index (χ0v) is 18.2. The quantitative estimate of drug-likeness (QED) is 0.399. The second kappa shape index (κ2) is 6.99. The van der Waals surface area contributed by atoms with Crippen molar-refractivity contribution in [3.63, 3.8) is 0 Å². The largest absolute Gasteiger partial charge is 0.258 e. The average molecular weight is 383 g/mol. The van der Waals surface area contributed by atoms with Crippen LogP contribution in [-0.4, -0.2) is 18.0 Å². The van der Waals surface area contributed by atoms with Gasteiger partial charge in [0, 0.05) is 22.3 Å². The van der Waals surface area contributed by atoms with Gasteiger partial charge in [-0.15, -0.1) is 0 Å². The molecule has 28 heavy (non-hydrogen) atoms. The van der Waals surface area contributed by atoms with E-state index in [1.54, 1.807) is 0 Å². The lowest BCUT2D eigenvalue weighted by molar-refractivity contribution is 1.12. The summed E-state index contributed by atoms with van der Waals surface area (Å²) in [6, 6.07) is 23.9. The molecule has 0 radical (unpaired) electrons. The minimum atomic E-state index is -1.40. The van der Waals surface area contributed by atoms with Gasteiger partial charge in [-0.05, 0) is 49.2 Å². The van der Waals surface area contributed by atoms with E-state index >= 15 is 0 Å². The van der Waals surface area contributed by atoms with Crippen LogP contribution in [0.1, 0.15) is 11.4 Å². The zero-order chi connectivity index (χ0) is 19.9. The Morgan fingerprint density at radius 2 is 1.46 bits per heavy atom. The van der Waals surface area contributed by atoms with E-state index in [1.807, 2.05) is 6.92 Å². The van der Waals surface area contributed by atoms with Gasteiger partial charge in [-0.1, -0.05) is 67.3 Å². The van der Waals surface area contributed by atoms with Crippen LogP contribution in [0.4, 0.5) is 0 Å². The molecule has 2 nitrogen and oxygen atoms in total. The molecule has 0 N–H and O–H groups in total. The molecule has 2 aromatic heterocycles. The molecule has 0 saturated carbocycles. The highest BCUT2D eigenvalue weighted by Crippen LogP contribution is 2.32. The van der Waals surface area contributed by atoms with E-state index in [4.69, 9.17) is 4.98 Å². The number of fused-ring (bicyclic) bond motifs is 1. The summed E-state index contributed by atoms with van der Waals surface area (Å²) in [5, 5.41) is 2.69. The van der Waals surface area contributed by atoms with Crippen molar-refractivity contribution < 1.29 is 0 Å². The standard InChI is InChI=1S/C25H26N2Si/c1-17-11-13-21(18(2)26-17)25-16-22(19-9-7-6-8-10-19)23-15-20(28(3,4)5)12-14-24(23)27-25/h6-16H,1-5H3. The number of hydrogen-bond acceptors (Lipinski definition) is 2. The third-order valence-electron chi connectivity index (χ3n) is 5.26. The molecule has 0 atom stereocenters. The maximum Gasteiger partial charge on any atom is 0.0776 e. The Kier molecular flexibility index (Phi) is 4.64. The Labute approximate surface area is 168 Å². The molecule has 0 aliphatic carbocycles. The number of rotatable bonds is 3. The number of nitrogens with zero attached hydrogens (tertiary/aromatic N) is 2. The van der Waals surface area contributed by atoms with Crippen LogP contribution >= 0.6 is 0 Å². The van der Waals surface area contributed by atoms with Gasteiger partial charge in [0.1, 0.15) is 0 Å². The Morgan fingerprint density at radius 1 is 0.714 bits per heavy atom. The Morgan fingerprint density at radius 3 is 2.14 bits per heavy atom. The van der Waals surface area contributed by atoms with E-state index < -0.39 is 8.07 Å². The number of pyridine rings is 2. The minimum Gasteiger partial charge on any atom is -0.258 e. The van der Waals surface area contributed by atoms with Gasteiger partial charge in [0.2, 0.25) is 0 Å². The molecular formula is C25H26N2Si. The van der Waals surface area contributed by atoms with E-state index in [1.165, 1.54) is 21.7 Å². The first-order chi connectivity index (χ1) is 13.3. The van der Waals surface area contributed by atoms with Crippen LogP contribution in [0.5, 0.6) is 0 Å². The summed E-state index contributed by atoms with van der Waals surface area (Å²) in [5.41, 5.74) is 7.63. The van der Waals surface area contributed by atoms with E-state index in [0.717, 1.165) is 28.2 Å². The van der Waals surface area contributed by atoms with Crippen molar-refractivity contribution in [2.24, 2.45) is 0 Å². The first-order valence-electron chi connectivity index (χ1n) is 9.78. The maximum absolute atomic E-state index is 5.02. The topological polar surface area (TPSA) is 25.8 Å². The fraction of sp³-hybridized carbons (Fsp3) is 0.200. The average Bonchev–Trinajstić information content (AvgIpc) is 2.66. The first kappa shape index (κ1) is 18.6. The van der Waals surface area contributed by atoms with Gasteiger partial charge in [-0.25, -0.2) is 4.98 Å². The number of aromatic nitrogens is 2. The van der Waals surface area contributed by atoms with Gasteiger partial charge >= 0.3 is 0 Å². The summed E-state index contributed by atoms with van der Waals surface area (Å²) in [6.45, 7) is 11.3. The summed E-state index contributed by atoms with van der Waals surface area (Å²) < 4.78 is 0. The molecule has 4 aromatic rings. The molecule has 0 aliphatic heterocycles. The second-order valence-electron chi connectivity index (χ2n) is 8.49. The van der Waals surface area contributed by atoms with Gasteiger partial charge < -0.3 is 0 Å². The fourth-order valence-electron chi connectivity index (χ4n) is 3.64. The van der Waals surface area contributed by atoms with Crippen molar-refractivity contribution in [1.29, 1.82) is 0 Å². The molecule has 0 amide bonds. The van der Waals surface area contributed by atoms with Gasteiger partial charge in [0.15, 0.2) is 0 Å². The summed E-state index contributed by atoms with van der Waals surface area (Å²) >= 11 is 0. The lowest BCUT2D eigenvalue weighted by Gasteiger charge is -2.19. The van der Waals surface area contributed by atoms with Crippen LogP contribution in [0.3, 0.4) is 0 Å². The van der Waals surface area contributed by atoms with Gasteiger partial charge in [0.05, 0.1) is 19.3 Å². The summed E-state index contributed by atoms with van der Waals surface area (Å²) in [5.74, 6) is 0. The molecule has 2 heterocycles. The molecule has 4 rings (SSSR count). The van der Waals surface area contributed by atoms with Crippen molar-refractivity contribution >= 4 is 24.2 Å². The normalized spacial score (nSPS) is 11.8. The molecule has 0 saturated heterocycles. The molecule has 140 valence electrons. The molecule has 3 heteroatoms. The molecule has 0 unspecified atom stereocenters. The van der Waals surface area contributed by atoms with Crippen molar-refractivity contribution in [2.75, 3.05) is 0 Å². The zero-order valence-electron chi connectivity index (χ0n) is 17.2. The van der Waals surface area contributed by atoms with Crippen molar-refractivity contribution in [3.05, 3.63) is 78.1 Å². The second-order valence-corrected chi connectivity index (χ2v) is 13.6. The lowest BCUT2D eigenvalue weighted by Crippen LogP contribution is -2.37. The monoisotopic (exact) mass is 382 g/mol. The predicted octanol–water partition coefficient (Wildman–Crippen LogP) is 6.13. The molecular weight excluding hydrogens is 356 g/mol. The van der Waals surface area contributed by atoms with Gasteiger partial charge in [-0.3, -0.25) is 4.98 Å². The highest BCUT2D eigenvalue weighted by molar-refractivity contribution is 6.88. The van der Waals surface area contributed by atoms with E-state index in [-0.39, 0.29) is 0 Å². The highest BCUT2D eigenvalue weighted by atomic mass is 28.3. The Bertz CT molecular complexity index is 1160. The fourth-order valence-corrected chi connectivity index (χ4v) is 4.80. The van der Waals surface area contributed by atoms with Crippen molar-refractivity contribution in [3.8, 4) is 22.4 Å². The highest BCUT2D eigenvalue weighted by Gasteiger charge is 2.18. The Balaban J connectivity index is 2.02. The van der Waals surface area contributed by atoms with E-state index in [2.05, 4.69) is 98.3 Å². The van der Waals surface area contributed by atoms with Crippen LogP contribution in [0.2, 0.25) is 19.6 Å². The number of hydrogen-bond donors (Lipinski definition) is 0. The summed E-state index contributed by atoms with van der Waals surface area (Å²) in [6.07, 6.45) is 0. The molecule has 0 bridgehead atoms. The minimum absolute atomic E-state index is 0.983. The SMILES string of the molecule is Cc1ccc(-c2cc(-c3ccccc3)c3cc([Si](C)(C)C)ccc3n2)c(C)n1. The number of benzene rings is 2. The molecule has 0 fully saturated rings. The number of aryl methyl sites for hydroxylation is 2. The first-order valence-corrected chi connectivity index (χ1v) is 13.3. The molecule has 0 aliphatic rings. The van der Waals surface area contributed by atoms with Crippen molar-refractivity contribution in [2.45, 2.75) is 33.5 Å². The third-order valence-corrected chi connectivity index (χ3v) is 7.30. The predicted molar refractivity (Wildman–Crippen MR) is 123 cm³/mol. The van der Waals surface area contributed by atoms with Crippen LogP contribution in [0, 0.1) is 13.8 Å². The van der Waals surface area contributed by atoms with Crippen LogP contribution in [0.25, 0.3) is 33.3 Å². The summed E-state index contributed by atoms with van der Waals surface area (Å²) in [4.78, 5) is 9.67. The molecule has 2 aromatic carbocycles. The summed E-state index contributed by atoms with van der Waals surface area (Å²) in [7, 11) is -1.40. The van der Waals surface area contributed by atoms with Gasteiger partial charge in [0.25, 0.3) is 0 Å². The van der Waals surface area contributed by atoms with Crippen molar-refractivity contribution in [1.82, 2.24) is 9.97 Å². The molecule has 0 spiro atoms. The van der Waals surface area contributed by atoms with Crippen LogP contribution in [0.15, 0.2) is 66.7 Å².